The second kappa shape index (κ2) is 7.61. The lowest BCUT2D eigenvalue weighted by atomic mass is 9.76. The number of hydrogen-bond acceptors (Lipinski definition) is 4. The number of likely N-dealkylation sites (N-methyl/N-ethyl adjacent to an activating group) is 1. The molecule has 2 N–H and O–H groups in total. The predicted molar refractivity (Wildman–Crippen MR) is 108 cm³/mol. The van der Waals surface area contributed by atoms with Crippen molar-refractivity contribution in [3.63, 3.8) is 0 Å². The molecule has 1 amide bonds. The van der Waals surface area contributed by atoms with Gasteiger partial charge in [0.15, 0.2) is 0 Å². The lowest BCUT2D eigenvalue weighted by Crippen LogP contribution is -2.73. The summed E-state index contributed by atoms with van der Waals surface area (Å²) in [5, 5.41) is 16.2. The van der Waals surface area contributed by atoms with Crippen LogP contribution in [0.15, 0.2) is 54.7 Å². The molecule has 1 saturated heterocycles. The minimum atomic E-state index is -0.848. The van der Waals surface area contributed by atoms with E-state index >= 15 is 0 Å². The van der Waals surface area contributed by atoms with Gasteiger partial charge < -0.3 is 10.2 Å². The van der Waals surface area contributed by atoms with Crippen LogP contribution in [0.1, 0.15) is 17.0 Å². The summed E-state index contributed by atoms with van der Waals surface area (Å²) in [6, 6.07) is 14.7. The molecule has 0 aliphatic carbocycles. The van der Waals surface area contributed by atoms with Crippen LogP contribution in [-0.2, 0) is 4.79 Å². The van der Waals surface area contributed by atoms with Gasteiger partial charge in [0.05, 0.1) is 17.3 Å². The van der Waals surface area contributed by atoms with Crippen LogP contribution in [0, 0.1) is 11.3 Å². The summed E-state index contributed by atoms with van der Waals surface area (Å²) >= 11 is 12.2. The van der Waals surface area contributed by atoms with E-state index in [0.29, 0.717) is 34.3 Å². The van der Waals surface area contributed by atoms with Crippen molar-refractivity contribution in [2.45, 2.75) is 11.6 Å². The second-order valence-corrected chi connectivity index (χ2v) is 7.24. The van der Waals surface area contributed by atoms with E-state index < -0.39 is 5.66 Å². The molecule has 1 fully saturated rings. The van der Waals surface area contributed by atoms with Crippen molar-refractivity contribution in [2.24, 2.45) is 0 Å². The van der Waals surface area contributed by atoms with E-state index in [1.807, 2.05) is 24.1 Å². The van der Waals surface area contributed by atoms with Gasteiger partial charge in [-0.3, -0.25) is 10.1 Å². The molecule has 0 aromatic heterocycles. The number of hydrogen-bond donors (Lipinski definition) is 2. The smallest absolute Gasteiger partial charge is 0.208 e. The minimum Gasteiger partial charge on any atom is -0.345 e. The number of nitriles is 1. The van der Waals surface area contributed by atoms with Crippen LogP contribution in [0.5, 0.6) is 0 Å². The summed E-state index contributed by atoms with van der Waals surface area (Å²) in [4.78, 5) is 13.2. The molecule has 1 unspecified atom stereocenters. The number of benzene rings is 2. The molecule has 0 radical (unpaired) electrons. The van der Waals surface area contributed by atoms with Crippen molar-refractivity contribution in [3.8, 4) is 6.07 Å². The van der Waals surface area contributed by atoms with Crippen LogP contribution in [0.4, 0.5) is 5.69 Å². The van der Waals surface area contributed by atoms with E-state index in [1.165, 1.54) is 0 Å². The average Bonchev–Trinajstić information content (AvgIpc) is 2.64. The Morgan fingerprint density at radius 3 is 2.44 bits per heavy atom. The van der Waals surface area contributed by atoms with Gasteiger partial charge in [-0.1, -0.05) is 41.9 Å². The van der Waals surface area contributed by atoms with Crippen molar-refractivity contribution in [1.82, 2.24) is 10.6 Å². The van der Waals surface area contributed by atoms with Gasteiger partial charge in [-0.2, -0.15) is 5.26 Å². The molecule has 3 rings (SSSR count). The summed E-state index contributed by atoms with van der Waals surface area (Å²) in [7, 11) is 1.84. The standard InChI is InChI=1S/C20H18Cl2N4O/c1-13(26(2)18-8-16(21)7-17(22)9-18)20(25-12-27)19(11-24-20)15-5-3-14(10-23)4-6-15/h3-9,12,19,24H,1,11H2,2H3,(H,25,27)/t19?,20-/m0/s1. The predicted octanol–water partition coefficient (Wildman–Crippen LogP) is 3.64. The Kier molecular flexibility index (Phi) is 5.43. The number of rotatable bonds is 6. The lowest BCUT2D eigenvalue weighted by Gasteiger charge is -2.53. The first kappa shape index (κ1) is 19.2. The monoisotopic (exact) mass is 400 g/mol. The van der Waals surface area contributed by atoms with E-state index in [0.717, 1.165) is 11.3 Å². The largest absolute Gasteiger partial charge is 0.345 e. The highest BCUT2D eigenvalue weighted by atomic mass is 35.5. The summed E-state index contributed by atoms with van der Waals surface area (Å²) in [5.41, 5.74) is 2.15. The van der Waals surface area contributed by atoms with Crippen LogP contribution in [0.3, 0.4) is 0 Å². The first-order chi connectivity index (χ1) is 12.9. The Morgan fingerprint density at radius 2 is 1.96 bits per heavy atom. The highest BCUT2D eigenvalue weighted by Gasteiger charge is 2.50. The van der Waals surface area contributed by atoms with Gasteiger partial charge in [0.2, 0.25) is 6.41 Å². The summed E-state index contributed by atoms with van der Waals surface area (Å²) < 4.78 is 0. The number of halogens is 2. The summed E-state index contributed by atoms with van der Waals surface area (Å²) in [5.74, 6) is -0.0416. The molecule has 0 saturated carbocycles. The molecule has 2 aromatic rings. The average molecular weight is 401 g/mol. The Morgan fingerprint density at radius 1 is 1.33 bits per heavy atom. The van der Waals surface area contributed by atoms with E-state index in [2.05, 4.69) is 23.3 Å². The van der Waals surface area contributed by atoms with Crippen LogP contribution < -0.4 is 15.5 Å². The zero-order chi connectivity index (χ0) is 19.6. The maximum atomic E-state index is 11.4. The van der Waals surface area contributed by atoms with Crippen LogP contribution in [0.25, 0.3) is 0 Å². The number of amides is 1. The van der Waals surface area contributed by atoms with Gasteiger partial charge in [0, 0.05) is 35.2 Å². The van der Waals surface area contributed by atoms with Crippen LogP contribution >= 0.6 is 23.2 Å². The van der Waals surface area contributed by atoms with Crippen molar-refractivity contribution >= 4 is 35.3 Å². The van der Waals surface area contributed by atoms with Gasteiger partial charge >= 0.3 is 0 Å². The molecular weight excluding hydrogens is 383 g/mol. The SMILES string of the molecule is C=C(N(C)c1cc(Cl)cc(Cl)c1)[C@@]1(NC=O)NCC1c1ccc(C#N)cc1. The maximum Gasteiger partial charge on any atom is 0.208 e. The molecule has 27 heavy (non-hydrogen) atoms. The van der Waals surface area contributed by atoms with Crippen molar-refractivity contribution in [1.29, 1.82) is 5.26 Å². The molecule has 1 aliphatic rings. The quantitative estimate of drug-likeness (QED) is 0.726. The van der Waals surface area contributed by atoms with Crippen LogP contribution in [0.2, 0.25) is 10.0 Å². The molecule has 1 aliphatic heterocycles. The first-order valence-corrected chi connectivity index (χ1v) is 9.02. The van der Waals surface area contributed by atoms with Gasteiger partial charge in [-0.05, 0) is 35.9 Å². The molecule has 2 aromatic carbocycles. The molecule has 1 heterocycles. The number of nitrogens with zero attached hydrogens (tertiary/aromatic N) is 2. The third kappa shape index (κ3) is 3.52. The lowest BCUT2D eigenvalue weighted by molar-refractivity contribution is -0.112. The van der Waals surface area contributed by atoms with Crippen molar-refractivity contribution in [3.05, 3.63) is 75.9 Å². The first-order valence-electron chi connectivity index (χ1n) is 8.27. The third-order valence-corrected chi connectivity index (χ3v) is 5.37. The topological polar surface area (TPSA) is 68.2 Å². The molecule has 5 nitrogen and oxygen atoms in total. The summed E-state index contributed by atoms with van der Waals surface area (Å²) in [6.45, 7) is 4.88. The van der Waals surface area contributed by atoms with Crippen molar-refractivity contribution < 1.29 is 4.79 Å². The van der Waals surface area contributed by atoms with E-state index in [-0.39, 0.29) is 5.92 Å². The minimum absolute atomic E-state index is 0.0416. The van der Waals surface area contributed by atoms with Gasteiger partial charge in [-0.15, -0.1) is 0 Å². The molecule has 2 atom stereocenters. The fourth-order valence-electron chi connectivity index (χ4n) is 3.35. The fourth-order valence-corrected chi connectivity index (χ4v) is 3.86. The molecule has 0 bridgehead atoms. The summed E-state index contributed by atoms with van der Waals surface area (Å²) in [6.07, 6.45) is 0.660. The molecule has 0 spiro atoms. The fraction of sp³-hybridized carbons (Fsp3) is 0.200. The Hall–Kier alpha value is -2.52. The second-order valence-electron chi connectivity index (χ2n) is 6.37. The van der Waals surface area contributed by atoms with Gasteiger partial charge in [0.1, 0.15) is 5.66 Å². The Balaban J connectivity index is 1.94. The number of carbonyl (C=O) groups excluding carboxylic acids is 1. The van der Waals surface area contributed by atoms with Crippen LogP contribution in [-0.4, -0.2) is 25.7 Å². The normalized spacial score (nSPS) is 20.9. The number of carbonyl (C=O) groups is 1. The zero-order valence-electron chi connectivity index (χ0n) is 14.7. The van der Waals surface area contributed by atoms with Crippen molar-refractivity contribution in [2.75, 3.05) is 18.5 Å². The molecule has 138 valence electrons. The van der Waals surface area contributed by atoms with Gasteiger partial charge in [0.25, 0.3) is 0 Å². The molecular formula is C20H18Cl2N4O. The number of anilines is 1. The Bertz CT molecular complexity index is 902. The molecule has 7 heteroatoms. The van der Waals surface area contributed by atoms with E-state index in [4.69, 9.17) is 28.5 Å². The Labute approximate surface area is 168 Å². The highest BCUT2D eigenvalue weighted by molar-refractivity contribution is 6.35. The zero-order valence-corrected chi connectivity index (χ0v) is 16.2. The van der Waals surface area contributed by atoms with E-state index in [9.17, 15) is 4.79 Å². The highest BCUT2D eigenvalue weighted by Crippen LogP contribution is 2.40. The third-order valence-electron chi connectivity index (χ3n) is 4.93. The maximum absolute atomic E-state index is 11.4. The van der Waals surface area contributed by atoms with E-state index in [1.54, 1.807) is 30.3 Å². The number of nitrogens with one attached hydrogen (secondary N) is 2. The van der Waals surface area contributed by atoms with Gasteiger partial charge in [-0.25, -0.2) is 0 Å².